The molecule has 7 nitrogen and oxygen atoms in total. The summed E-state index contributed by atoms with van der Waals surface area (Å²) < 4.78 is 63.9. The van der Waals surface area contributed by atoms with Crippen molar-refractivity contribution in [1.82, 2.24) is 9.91 Å². The predicted molar refractivity (Wildman–Crippen MR) is 106 cm³/mol. The highest BCUT2D eigenvalue weighted by atomic mass is 32.2. The van der Waals surface area contributed by atoms with Crippen LogP contribution in [0.25, 0.3) is 0 Å². The third-order valence-electron chi connectivity index (χ3n) is 3.85. The van der Waals surface area contributed by atoms with Crippen LogP contribution in [0.4, 0.5) is 18.0 Å². The van der Waals surface area contributed by atoms with Crippen molar-refractivity contribution in [2.75, 3.05) is 21.1 Å². The minimum absolute atomic E-state index is 0.359. The number of hydrogen-bond donors (Lipinski definition) is 0. The maximum Gasteiger partial charge on any atom is 0.534 e. The first-order valence-electron chi connectivity index (χ1n) is 8.53. The summed E-state index contributed by atoms with van der Waals surface area (Å²) in [5.74, 6) is -0.503. The second-order valence-corrected chi connectivity index (χ2v) is 8.06. The van der Waals surface area contributed by atoms with E-state index in [1.807, 2.05) is 19.1 Å². The van der Waals surface area contributed by atoms with Gasteiger partial charge in [0, 0.05) is 32.3 Å². The van der Waals surface area contributed by atoms with Crippen LogP contribution in [0.1, 0.15) is 16.7 Å². The van der Waals surface area contributed by atoms with Crippen LogP contribution in [0.15, 0.2) is 53.6 Å². The normalized spacial score (nSPS) is 12.4. The Hall–Kier alpha value is -3.08. The van der Waals surface area contributed by atoms with Gasteiger partial charge in [0.25, 0.3) is 0 Å². The summed E-state index contributed by atoms with van der Waals surface area (Å²) in [6, 6.07) is 11.7. The van der Waals surface area contributed by atoms with Crippen LogP contribution in [0.3, 0.4) is 0 Å². The maximum absolute atomic E-state index is 12.5. The van der Waals surface area contributed by atoms with Crippen LogP contribution in [0.5, 0.6) is 5.75 Å². The van der Waals surface area contributed by atoms with Crippen molar-refractivity contribution >= 4 is 21.9 Å². The zero-order valence-electron chi connectivity index (χ0n) is 16.6. The highest BCUT2D eigenvalue weighted by Crippen LogP contribution is 2.27. The number of carbonyl (C=O) groups is 1. The number of halogens is 3. The van der Waals surface area contributed by atoms with E-state index in [2.05, 4.69) is 9.28 Å². The van der Waals surface area contributed by atoms with Gasteiger partial charge < -0.3 is 9.08 Å². The van der Waals surface area contributed by atoms with Gasteiger partial charge in [-0.1, -0.05) is 29.8 Å². The van der Waals surface area contributed by atoms with Gasteiger partial charge >= 0.3 is 21.7 Å². The van der Waals surface area contributed by atoms with Crippen molar-refractivity contribution in [3.8, 4) is 5.75 Å². The van der Waals surface area contributed by atoms with Gasteiger partial charge in [-0.3, -0.25) is 0 Å². The molecule has 11 heteroatoms. The summed E-state index contributed by atoms with van der Waals surface area (Å²) >= 11 is 0. The number of alkyl halides is 3. The molecule has 162 valence electrons. The molecule has 0 spiro atoms. The third-order valence-corrected chi connectivity index (χ3v) is 4.83. The molecule has 0 atom stereocenters. The smallest absolute Gasteiger partial charge is 0.376 e. The topological polar surface area (TPSA) is 79.3 Å². The van der Waals surface area contributed by atoms with E-state index in [1.165, 1.54) is 24.1 Å². The second-order valence-electron chi connectivity index (χ2n) is 6.52. The summed E-state index contributed by atoms with van der Waals surface area (Å²) in [5.41, 5.74) is -3.09. The Balaban J connectivity index is 2.44. The summed E-state index contributed by atoms with van der Waals surface area (Å²) in [6.45, 7) is 1.90. The fourth-order valence-electron chi connectivity index (χ4n) is 2.32. The van der Waals surface area contributed by atoms with Gasteiger partial charge in [0.15, 0.2) is 0 Å². The van der Waals surface area contributed by atoms with Crippen LogP contribution < -0.4 is 4.18 Å². The highest BCUT2D eigenvalue weighted by Gasteiger charge is 2.48. The van der Waals surface area contributed by atoms with Crippen LogP contribution in [-0.4, -0.2) is 56.7 Å². The number of rotatable bonds is 5. The summed E-state index contributed by atoms with van der Waals surface area (Å²) in [4.78, 5) is 13.5. The number of amides is 2. The van der Waals surface area contributed by atoms with Gasteiger partial charge in [-0.05, 0) is 31.2 Å². The fourth-order valence-corrected chi connectivity index (χ4v) is 2.78. The van der Waals surface area contributed by atoms with Crippen molar-refractivity contribution in [3.05, 3.63) is 65.2 Å². The molecule has 0 saturated heterocycles. The van der Waals surface area contributed by atoms with Crippen LogP contribution in [0, 0.1) is 6.92 Å². The second kappa shape index (κ2) is 8.74. The molecule has 0 unspecified atom stereocenters. The van der Waals surface area contributed by atoms with E-state index in [9.17, 15) is 26.4 Å². The average Bonchev–Trinajstić information content (AvgIpc) is 2.65. The van der Waals surface area contributed by atoms with Crippen molar-refractivity contribution in [2.24, 2.45) is 5.10 Å². The molecule has 0 aliphatic carbocycles. The monoisotopic (exact) mass is 443 g/mol. The van der Waals surface area contributed by atoms with Gasteiger partial charge in [-0.15, -0.1) is 0 Å². The molecule has 0 N–H and O–H groups in total. The molecule has 30 heavy (non-hydrogen) atoms. The Labute approximate surface area is 172 Å². The number of urea groups is 1. The first-order valence-corrected chi connectivity index (χ1v) is 9.94. The lowest BCUT2D eigenvalue weighted by molar-refractivity contribution is -0.0500. The maximum atomic E-state index is 12.5. The van der Waals surface area contributed by atoms with E-state index in [-0.39, 0.29) is 0 Å². The molecular formula is C19H20F3N3O4S. The zero-order chi connectivity index (χ0) is 22.7. The van der Waals surface area contributed by atoms with Gasteiger partial charge in [0.05, 0.1) is 5.71 Å². The molecule has 2 aromatic carbocycles. The zero-order valence-corrected chi connectivity index (χ0v) is 17.5. The average molecular weight is 443 g/mol. The van der Waals surface area contributed by atoms with Crippen LogP contribution >= 0.6 is 0 Å². The Bertz CT molecular complexity index is 1030. The number of benzene rings is 2. The van der Waals surface area contributed by atoms with E-state index in [0.29, 0.717) is 16.8 Å². The Morgan fingerprint density at radius 3 is 1.83 bits per heavy atom. The van der Waals surface area contributed by atoms with Gasteiger partial charge in [-0.2, -0.15) is 26.7 Å². The number of aryl methyl sites for hydroxylation is 1. The lowest BCUT2D eigenvalue weighted by Crippen LogP contribution is -2.33. The van der Waals surface area contributed by atoms with Crippen LogP contribution in [0.2, 0.25) is 0 Å². The quantitative estimate of drug-likeness (QED) is 0.306. The molecular weight excluding hydrogens is 423 g/mol. The van der Waals surface area contributed by atoms with Crippen molar-refractivity contribution in [1.29, 1.82) is 0 Å². The van der Waals surface area contributed by atoms with Crippen molar-refractivity contribution in [3.63, 3.8) is 0 Å². The van der Waals surface area contributed by atoms with E-state index in [0.717, 1.165) is 22.7 Å². The Kier molecular flexibility index (Phi) is 6.76. The lowest BCUT2D eigenvalue weighted by Gasteiger charge is -2.19. The van der Waals surface area contributed by atoms with Gasteiger partial charge in [-0.25, -0.2) is 9.80 Å². The molecule has 2 aromatic rings. The summed E-state index contributed by atoms with van der Waals surface area (Å²) in [7, 11) is -1.18. The number of hydrogen-bond acceptors (Lipinski definition) is 5. The van der Waals surface area contributed by atoms with Crippen LogP contribution in [-0.2, 0) is 10.1 Å². The summed E-state index contributed by atoms with van der Waals surface area (Å²) in [6.07, 6.45) is 0. The third kappa shape index (κ3) is 5.50. The first kappa shape index (κ1) is 23.2. The molecule has 0 saturated carbocycles. The number of nitrogens with zero attached hydrogens (tertiary/aromatic N) is 3. The molecule has 0 aliphatic rings. The molecule has 0 aromatic heterocycles. The molecule has 2 rings (SSSR count). The molecule has 2 amide bonds. The molecule has 0 fully saturated rings. The van der Waals surface area contributed by atoms with E-state index in [1.54, 1.807) is 26.2 Å². The molecule has 0 radical (unpaired) electrons. The first-order chi connectivity index (χ1) is 13.8. The molecule has 0 heterocycles. The fraction of sp³-hybridized carbons (Fsp3) is 0.263. The van der Waals surface area contributed by atoms with E-state index < -0.39 is 27.4 Å². The largest absolute Gasteiger partial charge is 0.534 e. The minimum Gasteiger partial charge on any atom is -0.376 e. The standard InChI is InChI=1S/C19H20F3N3O4S/c1-13-5-7-14(8-6-13)17(23-25(4)18(26)24(2)3)15-9-11-16(12-10-15)29-30(27,28)19(20,21)22/h5-12H,1-4H3/b23-17-. The predicted octanol–water partition coefficient (Wildman–Crippen LogP) is 3.59. The Morgan fingerprint density at radius 2 is 1.40 bits per heavy atom. The lowest BCUT2D eigenvalue weighted by atomic mass is 10.0. The van der Waals surface area contributed by atoms with E-state index >= 15 is 0 Å². The summed E-state index contributed by atoms with van der Waals surface area (Å²) in [5, 5.41) is 5.45. The molecule has 0 aliphatic heterocycles. The van der Waals surface area contributed by atoms with Gasteiger partial charge in [0.1, 0.15) is 5.75 Å². The van der Waals surface area contributed by atoms with Crippen molar-refractivity contribution in [2.45, 2.75) is 12.4 Å². The SMILES string of the molecule is Cc1ccc(/C(=N/N(C)C(=O)N(C)C)c2ccc(OS(=O)(=O)C(F)(F)F)cc2)cc1. The number of carbonyl (C=O) groups excluding carboxylic acids is 1. The van der Waals surface area contributed by atoms with Gasteiger partial charge in [0.2, 0.25) is 0 Å². The van der Waals surface area contributed by atoms with Crippen molar-refractivity contribution < 1.29 is 30.6 Å². The number of hydrazone groups is 1. The van der Waals surface area contributed by atoms with E-state index in [4.69, 9.17) is 0 Å². The highest BCUT2D eigenvalue weighted by molar-refractivity contribution is 7.88. The minimum atomic E-state index is -5.77. The Morgan fingerprint density at radius 1 is 0.933 bits per heavy atom. The molecule has 0 bridgehead atoms.